The second-order valence-electron chi connectivity index (χ2n) is 7.07. The Labute approximate surface area is 133 Å². The van der Waals surface area contributed by atoms with E-state index < -0.39 is 17.6 Å². The van der Waals surface area contributed by atoms with E-state index in [2.05, 4.69) is 21.9 Å². The third-order valence-corrected chi connectivity index (χ3v) is 3.64. The lowest BCUT2D eigenvalue weighted by molar-refractivity contribution is -0.135. The first-order chi connectivity index (χ1) is 10.2. The van der Waals surface area contributed by atoms with Gasteiger partial charge in [-0.2, -0.15) is 0 Å². The van der Waals surface area contributed by atoms with E-state index in [9.17, 15) is 9.59 Å². The van der Waals surface area contributed by atoms with Crippen molar-refractivity contribution in [3.63, 3.8) is 0 Å². The summed E-state index contributed by atoms with van der Waals surface area (Å²) < 4.78 is 4.65. The molecule has 5 heteroatoms. The number of carbonyl (C=O) groups is 2. The summed E-state index contributed by atoms with van der Waals surface area (Å²) in [5.74, 6) is 6.54. The molecule has 1 saturated heterocycles. The van der Waals surface area contributed by atoms with Gasteiger partial charge in [0, 0.05) is 12.5 Å². The van der Waals surface area contributed by atoms with Crippen LogP contribution in [-0.2, 0) is 9.53 Å². The molecule has 2 unspecified atom stereocenters. The summed E-state index contributed by atoms with van der Waals surface area (Å²) in [6.07, 6.45) is 1.25. The van der Waals surface area contributed by atoms with Crippen LogP contribution in [-0.4, -0.2) is 42.6 Å². The van der Waals surface area contributed by atoms with Crippen LogP contribution in [0.2, 0.25) is 0 Å². The van der Waals surface area contributed by atoms with Crippen molar-refractivity contribution in [2.24, 2.45) is 11.3 Å². The Morgan fingerprint density at radius 3 is 2.45 bits per heavy atom. The number of alkyl carbamates (subject to hydrolysis) is 1. The van der Waals surface area contributed by atoms with E-state index in [-0.39, 0.29) is 17.9 Å². The third-order valence-electron chi connectivity index (χ3n) is 3.64. The highest BCUT2D eigenvalue weighted by atomic mass is 16.5. The van der Waals surface area contributed by atoms with Crippen molar-refractivity contribution in [2.45, 2.75) is 59.5 Å². The highest BCUT2D eigenvalue weighted by Gasteiger charge is 2.39. The average molecular weight is 308 g/mol. The quantitative estimate of drug-likeness (QED) is 0.797. The van der Waals surface area contributed by atoms with Crippen molar-refractivity contribution in [3.8, 4) is 11.8 Å². The molecule has 1 rings (SSSR count). The van der Waals surface area contributed by atoms with Crippen LogP contribution in [0.25, 0.3) is 0 Å². The van der Waals surface area contributed by atoms with E-state index in [1.54, 1.807) is 4.90 Å². The van der Waals surface area contributed by atoms with Crippen LogP contribution in [0.15, 0.2) is 0 Å². The summed E-state index contributed by atoms with van der Waals surface area (Å²) in [5, 5.41) is 2.67. The van der Waals surface area contributed by atoms with E-state index >= 15 is 0 Å². The summed E-state index contributed by atoms with van der Waals surface area (Å²) >= 11 is 0. The largest absolute Gasteiger partial charge is 0.453 e. The molecule has 22 heavy (non-hydrogen) atoms. The van der Waals surface area contributed by atoms with E-state index in [1.807, 2.05) is 34.6 Å². The molecule has 1 N–H and O–H groups in total. The van der Waals surface area contributed by atoms with Crippen LogP contribution in [0.3, 0.4) is 0 Å². The molecule has 0 spiro atoms. The Bertz CT molecular complexity index is 469. The van der Waals surface area contributed by atoms with E-state index in [4.69, 9.17) is 0 Å². The van der Waals surface area contributed by atoms with Gasteiger partial charge in [0.25, 0.3) is 0 Å². The van der Waals surface area contributed by atoms with Crippen molar-refractivity contribution in [1.29, 1.82) is 0 Å². The number of nitrogens with one attached hydrogen (secondary N) is 1. The molecule has 0 bridgehead atoms. The number of carbonyl (C=O) groups excluding carboxylic acids is 2. The molecule has 2 atom stereocenters. The number of nitrogens with zero attached hydrogens (tertiary/aromatic N) is 1. The van der Waals surface area contributed by atoms with Gasteiger partial charge in [0.1, 0.15) is 6.04 Å². The molecule has 1 aliphatic heterocycles. The predicted molar refractivity (Wildman–Crippen MR) is 86.1 cm³/mol. The maximum absolute atomic E-state index is 12.9. The summed E-state index contributed by atoms with van der Waals surface area (Å²) in [4.78, 5) is 26.2. The summed E-state index contributed by atoms with van der Waals surface area (Å²) in [6.45, 7) is 10.5. The molecule has 0 radical (unpaired) electrons. The highest BCUT2D eigenvalue weighted by molar-refractivity contribution is 5.87. The van der Waals surface area contributed by atoms with E-state index in [1.165, 1.54) is 7.11 Å². The molecule has 0 saturated carbocycles. The minimum Gasteiger partial charge on any atom is -0.453 e. The Morgan fingerprint density at radius 2 is 1.95 bits per heavy atom. The van der Waals surface area contributed by atoms with Crippen molar-refractivity contribution in [2.75, 3.05) is 13.7 Å². The number of rotatable bonds is 2. The van der Waals surface area contributed by atoms with Gasteiger partial charge in [-0.3, -0.25) is 4.79 Å². The number of methoxy groups -OCH3 is 1. The number of hydrogen-bond acceptors (Lipinski definition) is 3. The van der Waals surface area contributed by atoms with Gasteiger partial charge in [-0.05, 0) is 18.3 Å². The molecule has 0 aromatic carbocycles. The second kappa shape index (κ2) is 7.53. The molecule has 2 amide bonds. The van der Waals surface area contributed by atoms with Gasteiger partial charge in [-0.15, -0.1) is 0 Å². The van der Waals surface area contributed by atoms with Gasteiger partial charge < -0.3 is 15.0 Å². The van der Waals surface area contributed by atoms with E-state index in [0.29, 0.717) is 6.54 Å². The fourth-order valence-electron chi connectivity index (χ4n) is 2.43. The Hall–Kier alpha value is -1.70. The zero-order valence-corrected chi connectivity index (χ0v) is 14.5. The minimum absolute atomic E-state index is 0.0563. The smallest absolute Gasteiger partial charge is 0.407 e. The van der Waals surface area contributed by atoms with Crippen molar-refractivity contribution < 1.29 is 14.3 Å². The molecule has 1 fully saturated rings. The number of likely N-dealkylation sites (tertiary alicyclic amines) is 1. The molecule has 0 aliphatic carbocycles. The first-order valence-corrected chi connectivity index (χ1v) is 7.82. The summed E-state index contributed by atoms with van der Waals surface area (Å²) in [6, 6.07) is -0.680. The standard InChI is InChI=1S/C17H28N2O3/c1-12(2)9-10-13-8-7-11-19(13)15(20)14(17(3,4)5)18-16(21)22-6/h12-14H,7-8,11H2,1-6H3,(H,18,21). The third kappa shape index (κ3) is 4.94. The second-order valence-corrected chi connectivity index (χ2v) is 7.07. The summed E-state index contributed by atoms with van der Waals surface area (Å²) in [7, 11) is 1.30. The van der Waals surface area contributed by atoms with Crippen LogP contribution >= 0.6 is 0 Å². The van der Waals surface area contributed by atoms with Crippen LogP contribution in [0.5, 0.6) is 0 Å². The fraction of sp³-hybridized carbons (Fsp3) is 0.765. The lowest BCUT2D eigenvalue weighted by Gasteiger charge is -2.34. The number of amides is 2. The van der Waals surface area contributed by atoms with Gasteiger partial charge in [-0.1, -0.05) is 46.5 Å². The Balaban J connectivity index is 2.93. The SMILES string of the molecule is COC(=O)NC(C(=O)N1CCCC1C#CC(C)C)C(C)(C)C. The molecule has 1 heterocycles. The zero-order chi connectivity index (χ0) is 16.9. The maximum Gasteiger partial charge on any atom is 0.407 e. The fourth-order valence-corrected chi connectivity index (χ4v) is 2.43. The van der Waals surface area contributed by atoms with Crippen LogP contribution in [0, 0.1) is 23.2 Å². The van der Waals surface area contributed by atoms with Crippen LogP contribution in [0.4, 0.5) is 4.79 Å². The maximum atomic E-state index is 12.9. The first-order valence-electron chi connectivity index (χ1n) is 7.82. The monoisotopic (exact) mass is 308 g/mol. The Kier molecular flexibility index (Phi) is 6.28. The zero-order valence-electron chi connectivity index (χ0n) is 14.5. The van der Waals surface area contributed by atoms with Crippen LogP contribution < -0.4 is 5.32 Å². The van der Waals surface area contributed by atoms with Gasteiger partial charge in [0.2, 0.25) is 5.91 Å². The minimum atomic E-state index is -0.624. The molecular formula is C17H28N2O3. The molecule has 5 nitrogen and oxygen atoms in total. The number of hydrogen-bond donors (Lipinski definition) is 1. The molecule has 0 aromatic rings. The Morgan fingerprint density at radius 1 is 1.32 bits per heavy atom. The average Bonchev–Trinajstić information content (AvgIpc) is 2.88. The van der Waals surface area contributed by atoms with E-state index in [0.717, 1.165) is 12.8 Å². The topological polar surface area (TPSA) is 58.6 Å². The van der Waals surface area contributed by atoms with Crippen LogP contribution in [0.1, 0.15) is 47.5 Å². The number of ether oxygens (including phenoxy) is 1. The van der Waals surface area contributed by atoms with Crippen molar-refractivity contribution >= 4 is 12.0 Å². The van der Waals surface area contributed by atoms with Crippen molar-refractivity contribution in [1.82, 2.24) is 10.2 Å². The molecule has 1 aliphatic rings. The summed E-state index contributed by atoms with van der Waals surface area (Å²) in [5.41, 5.74) is -0.399. The van der Waals surface area contributed by atoms with Gasteiger partial charge >= 0.3 is 6.09 Å². The first kappa shape index (κ1) is 18.3. The molecular weight excluding hydrogens is 280 g/mol. The predicted octanol–water partition coefficient (Wildman–Crippen LogP) is 2.41. The lowest BCUT2D eigenvalue weighted by atomic mass is 9.85. The van der Waals surface area contributed by atoms with Crippen molar-refractivity contribution in [3.05, 3.63) is 0 Å². The normalized spacial score (nSPS) is 19.4. The van der Waals surface area contributed by atoms with Gasteiger partial charge in [0.15, 0.2) is 0 Å². The lowest BCUT2D eigenvalue weighted by Crippen LogP contribution is -2.55. The highest BCUT2D eigenvalue weighted by Crippen LogP contribution is 2.25. The van der Waals surface area contributed by atoms with Gasteiger partial charge in [0.05, 0.1) is 13.2 Å². The molecule has 124 valence electrons. The van der Waals surface area contributed by atoms with Gasteiger partial charge in [-0.25, -0.2) is 4.79 Å². The molecule has 0 aromatic heterocycles.